The van der Waals surface area contributed by atoms with E-state index >= 15 is 0 Å². The van der Waals surface area contributed by atoms with Crippen molar-refractivity contribution in [1.29, 1.82) is 0 Å². The molecule has 1 aromatic rings. The first kappa shape index (κ1) is 11.9. The second kappa shape index (κ2) is 4.72. The lowest BCUT2D eigenvalue weighted by Gasteiger charge is -2.18. The van der Waals surface area contributed by atoms with Gasteiger partial charge in [-0.2, -0.15) is 0 Å². The Morgan fingerprint density at radius 3 is 2.69 bits per heavy atom. The molecule has 2 nitrogen and oxygen atoms in total. The van der Waals surface area contributed by atoms with Gasteiger partial charge < -0.3 is 4.90 Å². The van der Waals surface area contributed by atoms with Gasteiger partial charge in [0.2, 0.25) is 0 Å². The number of anilines is 1. The Hall–Kier alpha value is -0.605. The number of hydrogen-bond donors (Lipinski definition) is 1. The summed E-state index contributed by atoms with van der Waals surface area (Å²) < 4.78 is 0. The smallest absolute Gasteiger partial charge is 0.142 e. The van der Waals surface area contributed by atoms with Crippen LogP contribution in [0.5, 0.6) is 0 Å². The van der Waals surface area contributed by atoms with Gasteiger partial charge in [-0.3, -0.25) is 5.32 Å². The van der Waals surface area contributed by atoms with E-state index < -0.39 is 0 Å². The molecule has 1 heterocycles. The van der Waals surface area contributed by atoms with Crippen molar-refractivity contribution in [3.63, 3.8) is 0 Å². The van der Waals surface area contributed by atoms with Crippen LogP contribution in [0.2, 0.25) is 0 Å². The summed E-state index contributed by atoms with van der Waals surface area (Å²) in [4.78, 5) is 2.16. The monoisotopic (exact) mass is 234 g/mol. The van der Waals surface area contributed by atoms with Crippen LogP contribution in [0.1, 0.15) is 17.9 Å². The molecule has 1 fully saturated rings. The Morgan fingerprint density at radius 1 is 1.44 bits per heavy atom. The van der Waals surface area contributed by atoms with Crippen molar-refractivity contribution < 1.29 is 0 Å². The highest BCUT2D eigenvalue weighted by atomic mass is 32.2. The summed E-state index contributed by atoms with van der Waals surface area (Å²) in [5.74, 6) is 1.21. The number of benzene rings is 1. The van der Waals surface area contributed by atoms with E-state index in [1.807, 2.05) is 11.8 Å². The molecule has 2 unspecified atom stereocenters. The van der Waals surface area contributed by atoms with Gasteiger partial charge in [0.25, 0.3) is 0 Å². The zero-order valence-electron chi connectivity index (χ0n) is 10.4. The molecule has 1 N–H and O–H groups in total. The summed E-state index contributed by atoms with van der Waals surface area (Å²) in [6.07, 6.45) is 0. The molecule has 4 heteroatoms. The molecule has 1 saturated heterocycles. The van der Waals surface area contributed by atoms with Crippen molar-refractivity contribution in [1.82, 2.24) is 5.32 Å². The normalized spacial score (nSPS) is 24.7. The molecular formula is C12H19BN2S. The minimum Gasteiger partial charge on any atom is -0.378 e. The Balaban J connectivity index is 2.21. The second-order valence-electron chi connectivity index (χ2n) is 4.72. The molecule has 0 bridgehead atoms. The summed E-state index contributed by atoms with van der Waals surface area (Å²) in [7, 11) is 6.36. The Kier molecular flexibility index (Phi) is 3.50. The average Bonchev–Trinajstić information content (AvgIpc) is 2.64. The second-order valence-corrected chi connectivity index (χ2v) is 5.86. The fourth-order valence-electron chi connectivity index (χ4n) is 2.13. The first-order valence-electron chi connectivity index (χ1n) is 5.73. The highest BCUT2D eigenvalue weighted by Gasteiger charge is 2.22. The SMILES string of the molecule is Bc1cc(C2NC(C)CS2)ccc1N(C)C. The fraction of sp³-hybridized carbons (Fsp3) is 0.500. The molecular weight excluding hydrogens is 215 g/mol. The van der Waals surface area contributed by atoms with Crippen molar-refractivity contribution in [2.75, 3.05) is 24.7 Å². The molecule has 2 atom stereocenters. The van der Waals surface area contributed by atoms with Crippen LogP contribution in [-0.4, -0.2) is 33.7 Å². The van der Waals surface area contributed by atoms with Gasteiger partial charge in [-0.05, 0) is 18.6 Å². The first-order valence-corrected chi connectivity index (χ1v) is 6.78. The van der Waals surface area contributed by atoms with Crippen molar-refractivity contribution in [3.8, 4) is 0 Å². The van der Waals surface area contributed by atoms with Gasteiger partial charge in [-0.1, -0.05) is 17.6 Å². The Morgan fingerprint density at radius 2 is 2.19 bits per heavy atom. The highest BCUT2D eigenvalue weighted by Crippen LogP contribution is 2.32. The molecule has 2 rings (SSSR count). The van der Waals surface area contributed by atoms with E-state index in [1.54, 1.807) is 0 Å². The molecule has 86 valence electrons. The van der Waals surface area contributed by atoms with E-state index in [4.69, 9.17) is 0 Å². The van der Waals surface area contributed by atoms with Crippen LogP contribution in [0.4, 0.5) is 5.69 Å². The van der Waals surface area contributed by atoms with Crippen LogP contribution in [-0.2, 0) is 0 Å². The summed E-state index contributed by atoms with van der Waals surface area (Å²) in [6.45, 7) is 2.24. The Bertz CT molecular complexity index is 381. The number of nitrogens with one attached hydrogen (secondary N) is 1. The zero-order valence-corrected chi connectivity index (χ0v) is 11.3. The van der Waals surface area contributed by atoms with Gasteiger partial charge in [0, 0.05) is 31.6 Å². The Labute approximate surface area is 103 Å². The number of rotatable bonds is 2. The van der Waals surface area contributed by atoms with Crippen LogP contribution in [0.3, 0.4) is 0 Å². The van der Waals surface area contributed by atoms with Gasteiger partial charge >= 0.3 is 0 Å². The van der Waals surface area contributed by atoms with E-state index in [-0.39, 0.29) is 0 Å². The third-order valence-corrected chi connectivity index (χ3v) is 4.39. The quantitative estimate of drug-likeness (QED) is 0.760. The molecule has 1 aromatic carbocycles. The average molecular weight is 234 g/mol. The lowest BCUT2D eigenvalue weighted by atomic mass is 9.91. The summed E-state index contributed by atoms with van der Waals surface area (Å²) >= 11 is 2.00. The summed E-state index contributed by atoms with van der Waals surface area (Å²) in [6, 6.07) is 7.39. The maximum Gasteiger partial charge on any atom is 0.142 e. The lowest BCUT2D eigenvalue weighted by Crippen LogP contribution is -2.24. The van der Waals surface area contributed by atoms with Gasteiger partial charge in [-0.15, -0.1) is 11.8 Å². The number of hydrogen-bond acceptors (Lipinski definition) is 3. The topological polar surface area (TPSA) is 15.3 Å². The fourth-order valence-corrected chi connectivity index (χ4v) is 3.38. The number of thioether (sulfide) groups is 1. The molecule has 1 aliphatic heterocycles. The van der Waals surface area contributed by atoms with Crippen molar-refractivity contribution in [3.05, 3.63) is 23.8 Å². The summed E-state index contributed by atoms with van der Waals surface area (Å²) in [5, 5.41) is 4.07. The van der Waals surface area contributed by atoms with E-state index in [9.17, 15) is 0 Å². The maximum absolute atomic E-state index is 3.60. The third kappa shape index (κ3) is 2.38. The van der Waals surface area contributed by atoms with Gasteiger partial charge in [0.1, 0.15) is 7.85 Å². The van der Waals surface area contributed by atoms with Crippen LogP contribution >= 0.6 is 11.8 Å². The zero-order chi connectivity index (χ0) is 11.7. The van der Waals surface area contributed by atoms with Crippen molar-refractivity contribution >= 4 is 30.8 Å². The van der Waals surface area contributed by atoms with Crippen LogP contribution in [0, 0.1) is 0 Å². The minimum absolute atomic E-state index is 0.477. The molecule has 0 spiro atoms. The minimum atomic E-state index is 0.477. The molecule has 1 aliphatic rings. The summed E-state index contributed by atoms with van der Waals surface area (Å²) in [5.41, 5.74) is 4.06. The van der Waals surface area contributed by atoms with E-state index in [0.29, 0.717) is 11.4 Å². The van der Waals surface area contributed by atoms with E-state index in [0.717, 1.165) is 0 Å². The first-order chi connectivity index (χ1) is 7.58. The van der Waals surface area contributed by atoms with E-state index in [2.05, 4.69) is 57.3 Å². The van der Waals surface area contributed by atoms with Crippen LogP contribution in [0.25, 0.3) is 0 Å². The predicted molar refractivity (Wildman–Crippen MR) is 76.7 cm³/mol. The molecule has 0 amide bonds. The lowest BCUT2D eigenvalue weighted by molar-refractivity contribution is 0.618. The van der Waals surface area contributed by atoms with Crippen molar-refractivity contribution in [2.45, 2.75) is 18.3 Å². The molecule has 0 aliphatic carbocycles. The maximum atomic E-state index is 3.60. The molecule has 0 saturated carbocycles. The van der Waals surface area contributed by atoms with Crippen molar-refractivity contribution in [2.24, 2.45) is 0 Å². The van der Waals surface area contributed by atoms with Gasteiger partial charge in [-0.25, -0.2) is 0 Å². The standard InChI is InChI=1S/C12H19BN2S/c1-8-7-16-12(14-8)9-4-5-11(15(2)3)10(13)6-9/h4-6,8,12,14H,7,13H2,1-3H3. The van der Waals surface area contributed by atoms with Gasteiger partial charge in [0.15, 0.2) is 0 Å². The van der Waals surface area contributed by atoms with Crippen LogP contribution < -0.4 is 15.7 Å². The number of nitrogens with zero attached hydrogens (tertiary/aromatic N) is 1. The largest absolute Gasteiger partial charge is 0.378 e. The highest BCUT2D eigenvalue weighted by molar-refractivity contribution is 7.99. The third-order valence-electron chi connectivity index (χ3n) is 2.95. The molecule has 16 heavy (non-hydrogen) atoms. The van der Waals surface area contributed by atoms with Crippen LogP contribution in [0.15, 0.2) is 18.2 Å². The molecule has 0 aromatic heterocycles. The van der Waals surface area contributed by atoms with E-state index in [1.165, 1.54) is 22.5 Å². The predicted octanol–water partition coefficient (Wildman–Crippen LogP) is 0.734. The molecule has 0 radical (unpaired) electrons. The van der Waals surface area contributed by atoms with Gasteiger partial charge in [0.05, 0.1) is 5.37 Å².